The Morgan fingerprint density at radius 1 is 1.47 bits per heavy atom. The number of piperazine rings is 1. The summed E-state index contributed by atoms with van der Waals surface area (Å²) in [6.45, 7) is 3.78. The summed E-state index contributed by atoms with van der Waals surface area (Å²) in [5.74, 6) is -0.351. The van der Waals surface area contributed by atoms with Crippen molar-refractivity contribution in [3.8, 4) is 0 Å². The summed E-state index contributed by atoms with van der Waals surface area (Å²) in [6.07, 6.45) is 1.16. The van der Waals surface area contributed by atoms with E-state index in [4.69, 9.17) is 0 Å². The maximum absolute atomic E-state index is 12.0. The fourth-order valence-corrected chi connectivity index (χ4v) is 1.86. The van der Waals surface area contributed by atoms with Gasteiger partial charge in [-0.3, -0.25) is 14.6 Å². The highest BCUT2D eigenvalue weighted by Gasteiger charge is 2.23. The topological polar surface area (TPSA) is 98.1 Å². The average Bonchev–Trinajstić information content (AvgIpc) is 2.28. The van der Waals surface area contributed by atoms with Gasteiger partial charge in [-0.05, 0) is 6.92 Å². The Balaban J connectivity index is 2.24. The fraction of sp³-hybridized carbons (Fsp3) is 0.500. The van der Waals surface area contributed by atoms with Crippen LogP contribution >= 0.6 is 0 Å². The first-order chi connectivity index (χ1) is 8.08. The summed E-state index contributed by atoms with van der Waals surface area (Å²) in [7, 11) is 0. The molecular weight excluding hydrogens is 224 g/mol. The number of nitrogens with one attached hydrogen (secondary N) is 3. The molecule has 7 heteroatoms. The number of aromatic nitrogens is 2. The van der Waals surface area contributed by atoms with Crippen LogP contribution in [0, 0.1) is 0 Å². The zero-order chi connectivity index (χ0) is 12.4. The largest absolute Gasteiger partial charge is 0.336 e. The SMILES string of the molecule is CC1CN(C(=O)c2c[nH]c(=O)[nH]c2=O)CCN1. The van der Waals surface area contributed by atoms with Crippen molar-refractivity contribution >= 4 is 5.91 Å². The zero-order valence-corrected chi connectivity index (χ0v) is 9.45. The molecule has 1 aromatic heterocycles. The minimum Gasteiger partial charge on any atom is -0.336 e. The van der Waals surface area contributed by atoms with E-state index < -0.39 is 11.2 Å². The summed E-state index contributed by atoms with van der Waals surface area (Å²) >= 11 is 0. The van der Waals surface area contributed by atoms with Gasteiger partial charge in [-0.1, -0.05) is 0 Å². The van der Waals surface area contributed by atoms with Gasteiger partial charge in [-0.15, -0.1) is 0 Å². The van der Waals surface area contributed by atoms with Crippen molar-refractivity contribution < 1.29 is 4.79 Å². The van der Waals surface area contributed by atoms with Gasteiger partial charge in [-0.25, -0.2) is 4.79 Å². The number of hydrogen-bond donors (Lipinski definition) is 3. The average molecular weight is 238 g/mol. The van der Waals surface area contributed by atoms with Crippen LogP contribution in [0.5, 0.6) is 0 Å². The summed E-state index contributed by atoms with van der Waals surface area (Å²) in [6, 6.07) is 0.203. The molecule has 1 aliphatic rings. The van der Waals surface area contributed by atoms with Crippen molar-refractivity contribution in [2.24, 2.45) is 0 Å². The number of rotatable bonds is 1. The lowest BCUT2D eigenvalue weighted by Gasteiger charge is -2.31. The first kappa shape index (κ1) is 11.6. The van der Waals surface area contributed by atoms with Crippen molar-refractivity contribution in [3.05, 3.63) is 32.6 Å². The van der Waals surface area contributed by atoms with Gasteiger partial charge in [-0.2, -0.15) is 0 Å². The maximum atomic E-state index is 12.0. The van der Waals surface area contributed by atoms with E-state index in [1.807, 2.05) is 11.9 Å². The molecule has 0 aliphatic carbocycles. The van der Waals surface area contributed by atoms with E-state index >= 15 is 0 Å². The molecule has 0 radical (unpaired) electrons. The van der Waals surface area contributed by atoms with Crippen molar-refractivity contribution in [2.45, 2.75) is 13.0 Å². The molecule has 1 unspecified atom stereocenters. The van der Waals surface area contributed by atoms with Crippen molar-refractivity contribution in [1.82, 2.24) is 20.2 Å². The summed E-state index contributed by atoms with van der Waals surface area (Å²) in [5, 5.41) is 3.20. The minimum atomic E-state index is -0.648. The molecule has 17 heavy (non-hydrogen) atoms. The smallest absolute Gasteiger partial charge is 0.325 e. The van der Waals surface area contributed by atoms with E-state index in [9.17, 15) is 14.4 Å². The lowest BCUT2D eigenvalue weighted by atomic mass is 10.2. The number of carbonyl (C=O) groups excluding carboxylic acids is 1. The second-order valence-corrected chi connectivity index (χ2v) is 4.09. The molecule has 1 aliphatic heterocycles. The van der Waals surface area contributed by atoms with Crippen LogP contribution in [-0.2, 0) is 0 Å². The standard InChI is InChI=1S/C10H14N4O3/c1-6-5-14(3-2-11-6)9(16)7-4-12-10(17)13-8(7)15/h4,6,11H,2-3,5H2,1H3,(H2,12,13,15,17). The van der Waals surface area contributed by atoms with Gasteiger partial charge in [0.15, 0.2) is 0 Å². The fourth-order valence-electron chi connectivity index (χ4n) is 1.86. The molecule has 1 aromatic rings. The molecular formula is C10H14N4O3. The number of aromatic amines is 2. The van der Waals surface area contributed by atoms with Gasteiger partial charge in [0.2, 0.25) is 0 Å². The van der Waals surface area contributed by atoms with Crippen LogP contribution < -0.4 is 16.6 Å². The molecule has 0 spiro atoms. The molecule has 2 rings (SSSR count). The predicted molar refractivity (Wildman–Crippen MR) is 61.1 cm³/mol. The monoisotopic (exact) mass is 238 g/mol. The minimum absolute atomic E-state index is 0.0290. The lowest BCUT2D eigenvalue weighted by Crippen LogP contribution is -2.52. The van der Waals surface area contributed by atoms with Gasteiger partial charge < -0.3 is 15.2 Å². The molecule has 1 amide bonds. The van der Waals surface area contributed by atoms with E-state index in [2.05, 4.69) is 10.3 Å². The Labute approximate surface area is 96.8 Å². The Morgan fingerprint density at radius 3 is 2.88 bits per heavy atom. The second kappa shape index (κ2) is 4.54. The highest BCUT2D eigenvalue weighted by Crippen LogP contribution is 2.02. The van der Waals surface area contributed by atoms with Crippen molar-refractivity contribution in [3.63, 3.8) is 0 Å². The Kier molecular flexibility index (Phi) is 3.10. The molecule has 0 saturated carbocycles. The maximum Gasteiger partial charge on any atom is 0.325 e. The first-order valence-electron chi connectivity index (χ1n) is 5.42. The highest BCUT2D eigenvalue weighted by molar-refractivity contribution is 5.93. The quantitative estimate of drug-likeness (QED) is 0.554. The van der Waals surface area contributed by atoms with E-state index in [0.717, 1.165) is 6.20 Å². The predicted octanol–water partition coefficient (Wildman–Crippen LogP) is -1.50. The number of amides is 1. The lowest BCUT2D eigenvalue weighted by molar-refractivity contribution is 0.0706. The Morgan fingerprint density at radius 2 is 2.24 bits per heavy atom. The Bertz CT molecular complexity index is 533. The zero-order valence-electron chi connectivity index (χ0n) is 9.45. The van der Waals surface area contributed by atoms with Gasteiger partial charge >= 0.3 is 5.69 Å². The third-order valence-corrected chi connectivity index (χ3v) is 2.71. The van der Waals surface area contributed by atoms with E-state index in [0.29, 0.717) is 19.6 Å². The number of hydrogen-bond acceptors (Lipinski definition) is 4. The normalized spacial score (nSPS) is 20.3. The van der Waals surface area contributed by atoms with Crippen LogP contribution in [0.25, 0.3) is 0 Å². The van der Waals surface area contributed by atoms with E-state index in [-0.39, 0.29) is 17.5 Å². The molecule has 0 aromatic carbocycles. The number of nitrogens with zero attached hydrogens (tertiary/aromatic N) is 1. The summed E-state index contributed by atoms with van der Waals surface area (Å²) < 4.78 is 0. The van der Waals surface area contributed by atoms with Gasteiger partial charge in [0.05, 0.1) is 0 Å². The van der Waals surface area contributed by atoms with Crippen LogP contribution in [0.1, 0.15) is 17.3 Å². The molecule has 92 valence electrons. The molecule has 7 nitrogen and oxygen atoms in total. The van der Waals surface area contributed by atoms with Gasteiger partial charge in [0, 0.05) is 31.9 Å². The molecule has 1 saturated heterocycles. The van der Waals surface area contributed by atoms with Crippen molar-refractivity contribution in [2.75, 3.05) is 19.6 Å². The molecule has 3 N–H and O–H groups in total. The number of H-pyrrole nitrogens is 2. The van der Waals surface area contributed by atoms with Crippen LogP contribution in [0.3, 0.4) is 0 Å². The molecule has 2 heterocycles. The third-order valence-electron chi connectivity index (χ3n) is 2.71. The molecule has 1 atom stereocenters. The molecule has 0 bridgehead atoms. The van der Waals surface area contributed by atoms with Crippen LogP contribution in [0.15, 0.2) is 15.8 Å². The molecule has 1 fully saturated rings. The summed E-state index contributed by atoms with van der Waals surface area (Å²) in [4.78, 5) is 40.3. The van der Waals surface area contributed by atoms with Crippen LogP contribution in [0.4, 0.5) is 0 Å². The van der Waals surface area contributed by atoms with Gasteiger partial charge in [0.1, 0.15) is 5.56 Å². The third kappa shape index (κ3) is 2.44. The van der Waals surface area contributed by atoms with Crippen LogP contribution in [-0.4, -0.2) is 46.5 Å². The Hall–Kier alpha value is -1.89. The van der Waals surface area contributed by atoms with Crippen LogP contribution in [0.2, 0.25) is 0 Å². The van der Waals surface area contributed by atoms with Crippen molar-refractivity contribution in [1.29, 1.82) is 0 Å². The first-order valence-corrected chi connectivity index (χ1v) is 5.42. The highest BCUT2D eigenvalue weighted by atomic mass is 16.2. The summed E-state index contributed by atoms with van der Waals surface area (Å²) in [5.41, 5.74) is -1.29. The number of carbonyl (C=O) groups is 1. The van der Waals surface area contributed by atoms with Gasteiger partial charge in [0.25, 0.3) is 11.5 Å². The second-order valence-electron chi connectivity index (χ2n) is 4.09. The van der Waals surface area contributed by atoms with E-state index in [1.54, 1.807) is 4.90 Å². The van der Waals surface area contributed by atoms with E-state index in [1.165, 1.54) is 0 Å².